The van der Waals surface area contributed by atoms with E-state index in [-0.39, 0.29) is 5.60 Å². The quantitative estimate of drug-likeness (QED) is 0.797. The zero-order valence-electron chi connectivity index (χ0n) is 9.91. The molecule has 17 heavy (non-hydrogen) atoms. The van der Waals surface area contributed by atoms with Crippen molar-refractivity contribution in [2.75, 3.05) is 18.1 Å². The summed E-state index contributed by atoms with van der Waals surface area (Å²) in [4.78, 5) is 11.2. The highest BCUT2D eigenvalue weighted by Crippen LogP contribution is 2.41. The van der Waals surface area contributed by atoms with Crippen LogP contribution in [0.1, 0.15) is 32.1 Å². The molecule has 2 atom stereocenters. The van der Waals surface area contributed by atoms with Crippen LogP contribution in [-0.2, 0) is 9.53 Å². The van der Waals surface area contributed by atoms with Crippen molar-refractivity contribution in [3.8, 4) is 0 Å². The van der Waals surface area contributed by atoms with Crippen LogP contribution < -0.4 is 5.32 Å². The van der Waals surface area contributed by atoms with Crippen LogP contribution in [0.25, 0.3) is 0 Å². The minimum absolute atomic E-state index is 0.0369. The lowest BCUT2D eigenvalue weighted by Crippen LogP contribution is -2.52. The Morgan fingerprint density at radius 1 is 1.41 bits per heavy atom. The molecule has 0 radical (unpaired) electrons. The van der Waals surface area contributed by atoms with E-state index in [1.165, 1.54) is 5.75 Å². The number of carbonyl (C=O) groups is 1. The predicted molar refractivity (Wildman–Crippen MR) is 66.4 cm³/mol. The second kappa shape index (κ2) is 4.14. The van der Waals surface area contributed by atoms with Gasteiger partial charge in [-0.15, -0.1) is 0 Å². The van der Waals surface area contributed by atoms with Crippen LogP contribution in [0.2, 0.25) is 0 Å². The third kappa shape index (κ3) is 2.20. The summed E-state index contributed by atoms with van der Waals surface area (Å²) >= 11 is 1.95. The van der Waals surface area contributed by atoms with Crippen molar-refractivity contribution >= 4 is 17.7 Å². The van der Waals surface area contributed by atoms with Crippen molar-refractivity contribution in [2.24, 2.45) is 0 Å². The van der Waals surface area contributed by atoms with Gasteiger partial charge in [0.2, 0.25) is 0 Å². The number of rotatable bonds is 3. The average molecular weight is 257 g/mol. The Bertz CT molecular complexity index is 324. The Morgan fingerprint density at radius 2 is 2.24 bits per heavy atom. The average Bonchev–Trinajstić information content (AvgIpc) is 2.95. The molecule has 2 aliphatic heterocycles. The van der Waals surface area contributed by atoms with Crippen LogP contribution in [0.5, 0.6) is 0 Å². The number of hydrogen-bond donors (Lipinski definition) is 2. The van der Waals surface area contributed by atoms with Crippen molar-refractivity contribution in [2.45, 2.75) is 49.3 Å². The second-order valence-electron chi connectivity index (χ2n) is 5.56. The summed E-state index contributed by atoms with van der Waals surface area (Å²) in [7, 11) is 0. The molecule has 2 unspecified atom stereocenters. The molecular weight excluding hydrogens is 238 g/mol. The molecule has 1 saturated carbocycles. The maximum Gasteiger partial charge on any atom is 0.323 e. The zero-order valence-corrected chi connectivity index (χ0v) is 10.7. The molecule has 0 aromatic rings. The number of nitrogens with one attached hydrogen (secondary N) is 1. The van der Waals surface area contributed by atoms with E-state index in [0.29, 0.717) is 6.04 Å². The van der Waals surface area contributed by atoms with Gasteiger partial charge in [0.25, 0.3) is 0 Å². The van der Waals surface area contributed by atoms with E-state index < -0.39 is 11.5 Å². The van der Waals surface area contributed by atoms with Crippen LogP contribution in [0.3, 0.4) is 0 Å². The van der Waals surface area contributed by atoms with E-state index in [1.807, 2.05) is 11.8 Å². The molecule has 0 aromatic heterocycles. The first-order valence-electron chi connectivity index (χ1n) is 6.37. The van der Waals surface area contributed by atoms with Crippen LogP contribution in [0, 0.1) is 0 Å². The van der Waals surface area contributed by atoms with Crippen LogP contribution in [0.15, 0.2) is 0 Å². The largest absolute Gasteiger partial charge is 0.480 e. The molecule has 3 rings (SSSR count). The van der Waals surface area contributed by atoms with Crippen molar-refractivity contribution in [3.63, 3.8) is 0 Å². The lowest BCUT2D eigenvalue weighted by molar-refractivity contribution is -0.141. The molecule has 3 aliphatic rings. The third-order valence-corrected chi connectivity index (χ3v) is 5.42. The molecule has 1 aliphatic carbocycles. The molecule has 2 N–H and O–H groups in total. The van der Waals surface area contributed by atoms with Gasteiger partial charge in [-0.1, -0.05) is 0 Å². The molecule has 2 saturated heterocycles. The number of carboxylic acid groups (broad SMARTS) is 1. The van der Waals surface area contributed by atoms with Crippen molar-refractivity contribution < 1.29 is 14.6 Å². The van der Waals surface area contributed by atoms with E-state index in [4.69, 9.17) is 4.74 Å². The van der Waals surface area contributed by atoms with E-state index in [1.54, 1.807) is 0 Å². The lowest BCUT2D eigenvalue weighted by atomic mass is 9.89. The van der Waals surface area contributed by atoms with Gasteiger partial charge in [-0.05, 0) is 37.9 Å². The normalized spacial score (nSPS) is 39.4. The van der Waals surface area contributed by atoms with Gasteiger partial charge >= 0.3 is 5.97 Å². The van der Waals surface area contributed by atoms with Crippen LogP contribution in [0.4, 0.5) is 0 Å². The van der Waals surface area contributed by atoms with Gasteiger partial charge in [-0.25, -0.2) is 0 Å². The predicted octanol–water partition coefficient (Wildman–Crippen LogP) is 1.25. The third-order valence-electron chi connectivity index (χ3n) is 4.20. The Labute approximate surface area is 105 Å². The summed E-state index contributed by atoms with van der Waals surface area (Å²) in [5, 5.41) is 12.6. The maximum absolute atomic E-state index is 11.2. The molecule has 0 bridgehead atoms. The zero-order chi connectivity index (χ0) is 11.9. The van der Waals surface area contributed by atoms with Crippen molar-refractivity contribution in [3.05, 3.63) is 0 Å². The highest BCUT2D eigenvalue weighted by atomic mass is 32.2. The maximum atomic E-state index is 11.2. The van der Waals surface area contributed by atoms with E-state index in [2.05, 4.69) is 5.32 Å². The summed E-state index contributed by atoms with van der Waals surface area (Å²) in [5.41, 5.74) is -0.565. The molecular formula is C12H19NO3S. The standard InChI is InChI=1S/C12H19NO3S/c14-10(15)12(2-3-12)13-9-1-5-16-11(7-9)4-6-17-8-11/h9,13H,1-8H2,(H,14,15). The van der Waals surface area contributed by atoms with Crippen molar-refractivity contribution in [1.82, 2.24) is 5.32 Å². The number of carboxylic acids is 1. The highest BCUT2D eigenvalue weighted by Gasteiger charge is 2.52. The first kappa shape index (κ1) is 11.8. The smallest absolute Gasteiger partial charge is 0.323 e. The van der Waals surface area contributed by atoms with Gasteiger partial charge in [0, 0.05) is 18.4 Å². The first-order chi connectivity index (χ1) is 8.14. The molecule has 0 amide bonds. The monoisotopic (exact) mass is 257 g/mol. The fourth-order valence-electron chi connectivity index (χ4n) is 2.95. The fourth-order valence-corrected chi connectivity index (χ4v) is 4.33. The van der Waals surface area contributed by atoms with Crippen LogP contribution in [-0.4, -0.2) is 46.4 Å². The van der Waals surface area contributed by atoms with Gasteiger partial charge in [-0.2, -0.15) is 11.8 Å². The van der Waals surface area contributed by atoms with Crippen molar-refractivity contribution in [1.29, 1.82) is 0 Å². The summed E-state index contributed by atoms with van der Waals surface area (Å²) < 4.78 is 5.94. The molecule has 0 aromatic carbocycles. The Morgan fingerprint density at radius 3 is 2.82 bits per heavy atom. The summed E-state index contributed by atoms with van der Waals surface area (Å²) in [5.74, 6) is 1.57. The van der Waals surface area contributed by atoms with E-state index in [0.717, 1.165) is 44.5 Å². The fraction of sp³-hybridized carbons (Fsp3) is 0.917. The van der Waals surface area contributed by atoms with E-state index in [9.17, 15) is 9.90 Å². The van der Waals surface area contributed by atoms with Gasteiger partial charge in [0.05, 0.1) is 5.60 Å². The second-order valence-corrected chi connectivity index (χ2v) is 6.66. The molecule has 1 spiro atoms. The summed E-state index contributed by atoms with van der Waals surface area (Å²) in [6.45, 7) is 0.772. The van der Waals surface area contributed by atoms with Gasteiger partial charge < -0.3 is 9.84 Å². The Balaban J connectivity index is 1.62. The van der Waals surface area contributed by atoms with E-state index >= 15 is 0 Å². The minimum Gasteiger partial charge on any atom is -0.480 e. The molecule has 2 heterocycles. The minimum atomic E-state index is -0.682. The van der Waals surface area contributed by atoms with Gasteiger partial charge in [0.1, 0.15) is 5.54 Å². The molecule has 4 nitrogen and oxygen atoms in total. The topological polar surface area (TPSA) is 58.6 Å². The Kier molecular flexibility index (Phi) is 2.88. The summed E-state index contributed by atoms with van der Waals surface area (Å²) in [6.07, 6.45) is 4.61. The van der Waals surface area contributed by atoms with Gasteiger partial charge in [-0.3, -0.25) is 10.1 Å². The Hall–Kier alpha value is -0.260. The molecule has 5 heteroatoms. The SMILES string of the molecule is O=C(O)C1(NC2CCOC3(CCSC3)C2)CC1. The molecule has 96 valence electrons. The van der Waals surface area contributed by atoms with Gasteiger partial charge in [0.15, 0.2) is 0 Å². The molecule has 3 fully saturated rings. The number of aliphatic carboxylic acids is 1. The number of thioether (sulfide) groups is 1. The first-order valence-corrected chi connectivity index (χ1v) is 7.53. The lowest BCUT2D eigenvalue weighted by Gasteiger charge is -2.39. The highest BCUT2D eigenvalue weighted by molar-refractivity contribution is 7.99. The number of ether oxygens (including phenoxy) is 1. The number of hydrogen-bond acceptors (Lipinski definition) is 4. The van der Waals surface area contributed by atoms with Crippen LogP contribution >= 0.6 is 11.8 Å². The summed E-state index contributed by atoms with van der Waals surface area (Å²) in [6, 6.07) is 0.320.